The number of aromatic amines is 1. The molecule has 0 atom stereocenters. The predicted molar refractivity (Wildman–Crippen MR) is 194 cm³/mol. The minimum absolute atomic E-state index is 0.0439. The molecule has 2 aromatic carbocycles. The van der Waals surface area contributed by atoms with Crippen LogP contribution < -0.4 is 20.7 Å². The number of benzene rings is 2. The lowest BCUT2D eigenvalue weighted by atomic mass is 9.88. The number of nitrogens with zero attached hydrogens (tertiary/aromatic N) is 5. The van der Waals surface area contributed by atoms with Crippen molar-refractivity contribution >= 4 is 28.0 Å². The van der Waals surface area contributed by atoms with E-state index in [2.05, 4.69) is 100 Å². The quantitative estimate of drug-likeness (QED) is 0.228. The predicted octanol–water partition coefficient (Wildman–Crippen LogP) is 6.27. The number of aryl methyl sites for hydroxylation is 2. The molecule has 0 bridgehead atoms. The second-order valence-electron chi connectivity index (χ2n) is 13.6. The van der Waals surface area contributed by atoms with Gasteiger partial charge in [-0.2, -0.15) is 0 Å². The summed E-state index contributed by atoms with van der Waals surface area (Å²) in [4.78, 5) is 30.5. The van der Waals surface area contributed by atoms with Crippen molar-refractivity contribution in [2.75, 3.05) is 69.0 Å². The molecule has 8 heteroatoms. The highest BCUT2D eigenvalue weighted by Gasteiger charge is 2.28. The van der Waals surface area contributed by atoms with Gasteiger partial charge in [0.1, 0.15) is 5.82 Å². The first-order valence-corrected chi connectivity index (χ1v) is 17.0. The zero-order valence-corrected chi connectivity index (χ0v) is 28.6. The third-order valence-electron chi connectivity index (χ3n) is 10.3. The van der Waals surface area contributed by atoms with Gasteiger partial charge in [-0.05, 0) is 121 Å². The molecular weight excluding hydrogens is 570 g/mol. The van der Waals surface area contributed by atoms with Crippen molar-refractivity contribution in [3.8, 4) is 11.1 Å². The van der Waals surface area contributed by atoms with Gasteiger partial charge in [-0.15, -0.1) is 0 Å². The Morgan fingerprint density at radius 2 is 1.59 bits per heavy atom. The summed E-state index contributed by atoms with van der Waals surface area (Å²) < 4.78 is 0. The number of piperazine rings is 1. The maximum Gasteiger partial charge on any atom is 0.253 e. The van der Waals surface area contributed by atoms with Crippen LogP contribution in [0.4, 0.5) is 17.2 Å². The van der Waals surface area contributed by atoms with Gasteiger partial charge in [0.05, 0.1) is 0 Å². The minimum atomic E-state index is -0.0439. The third-order valence-corrected chi connectivity index (χ3v) is 10.3. The van der Waals surface area contributed by atoms with E-state index in [1.54, 1.807) is 0 Å². The average molecular weight is 622 g/mol. The summed E-state index contributed by atoms with van der Waals surface area (Å²) >= 11 is 0. The highest BCUT2D eigenvalue weighted by Crippen LogP contribution is 2.39. The second-order valence-corrected chi connectivity index (χ2v) is 13.6. The van der Waals surface area contributed by atoms with Crippen molar-refractivity contribution in [1.82, 2.24) is 19.8 Å². The Morgan fingerprint density at radius 1 is 0.891 bits per heavy atom. The van der Waals surface area contributed by atoms with E-state index in [1.165, 1.54) is 53.6 Å². The van der Waals surface area contributed by atoms with E-state index in [0.29, 0.717) is 18.6 Å². The highest BCUT2D eigenvalue weighted by atomic mass is 16.1. The Bertz CT molecular complexity index is 1700. The van der Waals surface area contributed by atoms with E-state index in [-0.39, 0.29) is 5.56 Å². The molecule has 0 unspecified atom stereocenters. The number of rotatable bonds is 9. The number of hydrogen-bond acceptors (Lipinski definition) is 7. The summed E-state index contributed by atoms with van der Waals surface area (Å²) in [5, 5.41) is 5.83. The van der Waals surface area contributed by atoms with Crippen LogP contribution in [-0.4, -0.2) is 85.7 Å². The van der Waals surface area contributed by atoms with Gasteiger partial charge in [0, 0.05) is 91.0 Å². The molecule has 2 N–H and O–H groups in total. The zero-order valence-electron chi connectivity index (χ0n) is 28.6. The van der Waals surface area contributed by atoms with Crippen LogP contribution in [0.15, 0.2) is 59.5 Å². The molecule has 3 heterocycles. The van der Waals surface area contributed by atoms with Gasteiger partial charge >= 0.3 is 0 Å². The van der Waals surface area contributed by atoms with Gasteiger partial charge in [-0.25, -0.2) is 4.98 Å². The van der Waals surface area contributed by atoms with Crippen molar-refractivity contribution in [1.29, 1.82) is 0 Å². The standard InChI is InChI=1S/C38H51N7O/c1-7-45(32-14-12-30(13-15-32)42(4)5)36-24-29(28-8-10-31(11-9-28)44-20-18-43(6)19-21-44)23-34-33(36)16-17-39-37(34)40-25-35-26(2)22-27(3)41-38(35)46/h8-11,16-17,22-24,30,32H,7,12-15,18-21,25H2,1-6H3,(H,39,40)(H,41,46). The van der Waals surface area contributed by atoms with Gasteiger partial charge in [0.15, 0.2) is 0 Å². The molecule has 2 aromatic heterocycles. The lowest BCUT2D eigenvalue weighted by Gasteiger charge is -2.40. The lowest BCUT2D eigenvalue weighted by Crippen LogP contribution is -2.44. The SMILES string of the molecule is CCN(c1cc(-c2ccc(N3CCN(C)CC3)cc2)cc2c(NCc3c(C)cc(C)[nH]c3=O)nccc12)C1CCC(N(C)C)CC1. The molecular formula is C38H51N7O. The first-order valence-electron chi connectivity index (χ1n) is 17.0. The van der Waals surface area contributed by atoms with Crippen LogP contribution in [0.2, 0.25) is 0 Å². The highest BCUT2D eigenvalue weighted by molar-refractivity contribution is 6.03. The fourth-order valence-corrected chi connectivity index (χ4v) is 7.52. The van der Waals surface area contributed by atoms with E-state index in [1.807, 2.05) is 26.1 Å². The molecule has 1 saturated heterocycles. The van der Waals surface area contributed by atoms with Gasteiger partial charge in [0.25, 0.3) is 5.56 Å². The first kappa shape index (κ1) is 32.1. The topological polar surface area (TPSA) is 70.7 Å². The summed E-state index contributed by atoms with van der Waals surface area (Å²) in [6.45, 7) is 11.9. The van der Waals surface area contributed by atoms with Crippen molar-refractivity contribution in [2.24, 2.45) is 0 Å². The van der Waals surface area contributed by atoms with Crippen molar-refractivity contribution in [3.63, 3.8) is 0 Å². The molecule has 6 rings (SSSR count). The minimum Gasteiger partial charge on any atom is -0.369 e. The molecule has 4 aromatic rings. The van der Waals surface area contributed by atoms with E-state index < -0.39 is 0 Å². The molecule has 1 saturated carbocycles. The second kappa shape index (κ2) is 13.9. The number of pyridine rings is 2. The Labute approximate surface area is 274 Å². The van der Waals surface area contributed by atoms with Crippen LogP contribution >= 0.6 is 0 Å². The lowest BCUT2D eigenvalue weighted by molar-refractivity contribution is 0.214. The van der Waals surface area contributed by atoms with E-state index >= 15 is 0 Å². The maximum atomic E-state index is 12.8. The molecule has 0 amide bonds. The molecule has 0 radical (unpaired) electrons. The maximum absolute atomic E-state index is 12.8. The number of likely N-dealkylation sites (N-methyl/N-ethyl adjacent to an activating group) is 1. The Kier molecular flexibility index (Phi) is 9.66. The molecule has 0 spiro atoms. The largest absolute Gasteiger partial charge is 0.369 e. The number of aromatic nitrogens is 2. The van der Waals surface area contributed by atoms with Crippen LogP contribution in [0.3, 0.4) is 0 Å². The molecule has 244 valence electrons. The smallest absolute Gasteiger partial charge is 0.253 e. The van der Waals surface area contributed by atoms with Crippen LogP contribution in [0, 0.1) is 13.8 Å². The molecule has 46 heavy (non-hydrogen) atoms. The van der Waals surface area contributed by atoms with Crippen LogP contribution in [0.5, 0.6) is 0 Å². The number of hydrogen-bond donors (Lipinski definition) is 2. The third kappa shape index (κ3) is 6.79. The molecule has 8 nitrogen and oxygen atoms in total. The van der Waals surface area contributed by atoms with E-state index in [9.17, 15) is 4.79 Å². The van der Waals surface area contributed by atoms with Crippen LogP contribution in [-0.2, 0) is 6.54 Å². The molecule has 2 aliphatic rings. The molecule has 1 aliphatic carbocycles. The summed E-state index contributed by atoms with van der Waals surface area (Å²) in [5.41, 5.74) is 7.51. The summed E-state index contributed by atoms with van der Waals surface area (Å²) in [6.07, 6.45) is 6.72. The van der Waals surface area contributed by atoms with Crippen molar-refractivity contribution in [3.05, 3.63) is 81.9 Å². The van der Waals surface area contributed by atoms with Crippen LogP contribution in [0.1, 0.15) is 49.4 Å². The van der Waals surface area contributed by atoms with Crippen molar-refractivity contribution in [2.45, 2.75) is 65.1 Å². The number of H-pyrrole nitrogens is 1. The van der Waals surface area contributed by atoms with Gasteiger partial charge in [-0.1, -0.05) is 12.1 Å². The van der Waals surface area contributed by atoms with Gasteiger partial charge in [0.2, 0.25) is 0 Å². The fourth-order valence-electron chi connectivity index (χ4n) is 7.52. The van der Waals surface area contributed by atoms with Crippen molar-refractivity contribution < 1.29 is 0 Å². The Balaban J connectivity index is 1.39. The first-order chi connectivity index (χ1) is 22.2. The van der Waals surface area contributed by atoms with Gasteiger partial charge in [-0.3, -0.25) is 4.79 Å². The number of anilines is 3. The van der Waals surface area contributed by atoms with E-state index in [4.69, 9.17) is 4.98 Å². The zero-order chi connectivity index (χ0) is 32.4. The number of nitrogens with one attached hydrogen (secondary N) is 2. The summed E-state index contributed by atoms with van der Waals surface area (Å²) in [5.74, 6) is 0.807. The van der Waals surface area contributed by atoms with Gasteiger partial charge < -0.3 is 29.9 Å². The Hall–Kier alpha value is -3.88. The monoisotopic (exact) mass is 621 g/mol. The number of fused-ring (bicyclic) bond motifs is 1. The summed E-state index contributed by atoms with van der Waals surface area (Å²) in [6, 6.07) is 19.1. The average Bonchev–Trinajstić information content (AvgIpc) is 3.05. The fraction of sp³-hybridized carbons (Fsp3) is 0.474. The summed E-state index contributed by atoms with van der Waals surface area (Å²) in [7, 11) is 6.62. The molecule has 1 aliphatic heterocycles. The van der Waals surface area contributed by atoms with E-state index in [0.717, 1.165) is 60.7 Å². The Morgan fingerprint density at radius 3 is 2.24 bits per heavy atom. The van der Waals surface area contributed by atoms with Crippen LogP contribution in [0.25, 0.3) is 21.9 Å². The normalized spacial score (nSPS) is 19.2. The molecule has 2 fully saturated rings.